The second kappa shape index (κ2) is 8.01. The highest BCUT2D eigenvalue weighted by Crippen LogP contribution is 2.30. The summed E-state index contributed by atoms with van der Waals surface area (Å²) in [7, 11) is 0. The Morgan fingerprint density at radius 1 is 0.857 bits per heavy atom. The van der Waals surface area contributed by atoms with Gasteiger partial charge in [0.2, 0.25) is 0 Å². The molecule has 4 nitrogen and oxygen atoms in total. The maximum Gasteiger partial charge on any atom is 0.152 e. The molecule has 2 aromatic carbocycles. The molecule has 144 valence electrons. The van der Waals surface area contributed by atoms with Gasteiger partial charge in [0.15, 0.2) is 5.82 Å². The lowest BCUT2D eigenvalue weighted by molar-refractivity contribution is 0.690. The van der Waals surface area contributed by atoms with Crippen LogP contribution in [0.3, 0.4) is 0 Å². The minimum absolute atomic E-state index is 0.517. The lowest BCUT2D eigenvalue weighted by atomic mass is 10.1. The Morgan fingerprint density at radius 3 is 2.36 bits per heavy atom. The molecule has 0 spiro atoms. The summed E-state index contributed by atoms with van der Waals surface area (Å²) in [4.78, 5) is 9.50. The van der Waals surface area contributed by atoms with E-state index in [-0.39, 0.29) is 0 Å². The Morgan fingerprint density at radius 2 is 1.61 bits per heavy atom. The number of aromatic nitrogens is 3. The van der Waals surface area contributed by atoms with Crippen LogP contribution in [-0.2, 0) is 19.4 Å². The van der Waals surface area contributed by atoms with Crippen LogP contribution in [0, 0.1) is 0 Å². The molecular weight excluding hydrogens is 344 g/mol. The van der Waals surface area contributed by atoms with E-state index in [1.54, 1.807) is 0 Å². The van der Waals surface area contributed by atoms with Crippen molar-refractivity contribution in [1.29, 1.82) is 0 Å². The molecular formula is C24H28N4. The maximum absolute atomic E-state index is 6.29. The quantitative estimate of drug-likeness (QED) is 0.465. The van der Waals surface area contributed by atoms with Gasteiger partial charge >= 0.3 is 0 Å². The summed E-state index contributed by atoms with van der Waals surface area (Å²) >= 11 is 0. The van der Waals surface area contributed by atoms with Gasteiger partial charge in [-0.1, -0.05) is 69.2 Å². The molecule has 0 aliphatic carbocycles. The Labute approximate surface area is 166 Å². The van der Waals surface area contributed by atoms with E-state index in [1.165, 1.54) is 17.5 Å². The van der Waals surface area contributed by atoms with Crippen molar-refractivity contribution in [2.45, 2.75) is 52.5 Å². The monoisotopic (exact) mass is 372 g/mol. The molecule has 0 aliphatic heterocycles. The summed E-state index contributed by atoms with van der Waals surface area (Å²) in [5, 5.41) is 1.12. The summed E-state index contributed by atoms with van der Waals surface area (Å²) in [6.45, 7) is 5.23. The molecule has 2 N–H and O–H groups in total. The second-order valence-electron chi connectivity index (χ2n) is 7.50. The number of rotatable bonds is 7. The van der Waals surface area contributed by atoms with Gasteiger partial charge in [-0.25, -0.2) is 9.97 Å². The van der Waals surface area contributed by atoms with Gasteiger partial charge < -0.3 is 10.3 Å². The number of fused-ring (bicyclic) bond motifs is 3. The molecule has 2 heterocycles. The van der Waals surface area contributed by atoms with Gasteiger partial charge in [0.1, 0.15) is 11.3 Å². The average Bonchev–Trinajstić information content (AvgIpc) is 3.07. The fourth-order valence-electron chi connectivity index (χ4n) is 3.88. The topological polar surface area (TPSA) is 56.7 Å². The zero-order valence-corrected chi connectivity index (χ0v) is 16.8. The summed E-state index contributed by atoms with van der Waals surface area (Å²) in [6, 6.07) is 17.2. The molecule has 0 atom stereocenters. The summed E-state index contributed by atoms with van der Waals surface area (Å²) < 4.78 is 2.35. The van der Waals surface area contributed by atoms with E-state index in [1.807, 2.05) is 12.1 Å². The Balaban J connectivity index is 1.86. The van der Waals surface area contributed by atoms with Crippen molar-refractivity contribution in [3.8, 4) is 0 Å². The van der Waals surface area contributed by atoms with Crippen LogP contribution in [0.2, 0.25) is 0 Å². The van der Waals surface area contributed by atoms with E-state index in [0.717, 1.165) is 60.0 Å². The van der Waals surface area contributed by atoms with Crippen LogP contribution in [0.15, 0.2) is 48.5 Å². The van der Waals surface area contributed by atoms with Gasteiger partial charge in [-0.3, -0.25) is 0 Å². The number of pyridine rings is 1. The van der Waals surface area contributed by atoms with Crippen molar-refractivity contribution in [3.05, 3.63) is 65.5 Å². The van der Waals surface area contributed by atoms with Crippen LogP contribution in [0.4, 0.5) is 5.82 Å². The zero-order valence-electron chi connectivity index (χ0n) is 16.8. The van der Waals surface area contributed by atoms with Gasteiger partial charge in [-0.2, -0.15) is 0 Å². The first-order valence-electron chi connectivity index (χ1n) is 10.3. The third-order valence-electron chi connectivity index (χ3n) is 5.35. The molecule has 0 saturated carbocycles. The van der Waals surface area contributed by atoms with E-state index in [0.29, 0.717) is 5.82 Å². The molecule has 2 aromatic heterocycles. The van der Waals surface area contributed by atoms with Crippen molar-refractivity contribution in [2.75, 3.05) is 5.73 Å². The van der Waals surface area contributed by atoms with E-state index in [4.69, 9.17) is 10.7 Å². The van der Waals surface area contributed by atoms with Gasteiger partial charge in [0, 0.05) is 18.4 Å². The number of nitrogens with zero attached hydrogens (tertiary/aromatic N) is 3. The van der Waals surface area contributed by atoms with Crippen LogP contribution >= 0.6 is 0 Å². The first-order chi connectivity index (χ1) is 13.7. The van der Waals surface area contributed by atoms with Crippen LogP contribution in [0.5, 0.6) is 0 Å². The molecule has 0 saturated heterocycles. The predicted molar refractivity (Wildman–Crippen MR) is 118 cm³/mol. The number of aryl methyl sites for hydroxylation is 2. The SMILES string of the molecule is CCCCc1nc2c(N)nc3ccccc3c2n1Cc1ccc(CCC)cc1. The van der Waals surface area contributed by atoms with Gasteiger partial charge in [0.05, 0.1) is 11.0 Å². The van der Waals surface area contributed by atoms with Gasteiger partial charge in [-0.15, -0.1) is 0 Å². The largest absolute Gasteiger partial charge is 0.382 e. The third-order valence-corrected chi connectivity index (χ3v) is 5.35. The van der Waals surface area contributed by atoms with E-state index in [9.17, 15) is 0 Å². The molecule has 0 aliphatic rings. The van der Waals surface area contributed by atoms with Gasteiger partial charge in [-0.05, 0) is 30.0 Å². The van der Waals surface area contributed by atoms with E-state index < -0.39 is 0 Å². The van der Waals surface area contributed by atoms with Crippen molar-refractivity contribution < 1.29 is 0 Å². The maximum atomic E-state index is 6.29. The molecule has 0 radical (unpaired) electrons. The normalized spacial score (nSPS) is 11.5. The minimum atomic E-state index is 0.517. The number of imidazole rings is 1. The lowest BCUT2D eigenvalue weighted by Crippen LogP contribution is -2.06. The lowest BCUT2D eigenvalue weighted by Gasteiger charge is -2.12. The highest BCUT2D eigenvalue weighted by molar-refractivity contribution is 6.06. The zero-order chi connectivity index (χ0) is 19.5. The molecule has 0 fully saturated rings. The van der Waals surface area contributed by atoms with E-state index >= 15 is 0 Å². The van der Waals surface area contributed by atoms with Crippen LogP contribution < -0.4 is 5.73 Å². The highest BCUT2D eigenvalue weighted by atomic mass is 15.1. The molecule has 4 heteroatoms. The molecule has 28 heavy (non-hydrogen) atoms. The van der Waals surface area contributed by atoms with Crippen LogP contribution in [-0.4, -0.2) is 14.5 Å². The number of nitrogens with two attached hydrogens (primary N) is 1. The fourth-order valence-corrected chi connectivity index (χ4v) is 3.88. The van der Waals surface area contributed by atoms with Crippen molar-refractivity contribution >= 4 is 27.8 Å². The van der Waals surface area contributed by atoms with Crippen LogP contribution in [0.1, 0.15) is 50.1 Å². The number of unbranched alkanes of at least 4 members (excludes halogenated alkanes) is 1. The Hall–Kier alpha value is -2.88. The number of anilines is 1. The fraction of sp³-hybridized carbons (Fsp3) is 0.333. The molecule has 4 rings (SSSR count). The van der Waals surface area contributed by atoms with E-state index in [2.05, 4.69) is 59.8 Å². The molecule has 0 unspecified atom stereocenters. The second-order valence-corrected chi connectivity index (χ2v) is 7.50. The first kappa shape index (κ1) is 18.5. The third kappa shape index (κ3) is 3.47. The predicted octanol–water partition coefficient (Wildman–Crippen LogP) is 5.51. The highest BCUT2D eigenvalue weighted by Gasteiger charge is 2.17. The number of hydrogen-bond acceptors (Lipinski definition) is 3. The van der Waals surface area contributed by atoms with Crippen LogP contribution in [0.25, 0.3) is 21.9 Å². The van der Waals surface area contributed by atoms with Crippen molar-refractivity contribution in [2.24, 2.45) is 0 Å². The van der Waals surface area contributed by atoms with Crippen molar-refractivity contribution in [3.63, 3.8) is 0 Å². The average molecular weight is 373 g/mol. The number of benzene rings is 2. The molecule has 0 bridgehead atoms. The molecule has 4 aromatic rings. The summed E-state index contributed by atoms with van der Waals surface area (Å²) in [5.74, 6) is 1.61. The number of hydrogen-bond donors (Lipinski definition) is 1. The summed E-state index contributed by atoms with van der Waals surface area (Å²) in [5.41, 5.74) is 11.8. The Kier molecular flexibility index (Phi) is 5.29. The first-order valence-corrected chi connectivity index (χ1v) is 10.3. The standard InChI is InChI=1S/C24H28N4/c1-3-5-11-21-27-22-23(19-9-6-7-10-20(19)26-24(22)25)28(21)16-18-14-12-17(8-4-2)13-15-18/h6-7,9-10,12-15H,3-5,8,11,16H2,1-2H3,(H2,25,26). The smallest absolute Gasteiger partial charge is 0.152 e. The van der Waals surface area contributed by atoms with Gasteiger partial charge in [0.25, 0.3) is 0 Å². The number of para-hydroxylation sites is 1. The Bertz CT molecular complexity index is 1090. The summed E-state index contributed by atoms with van der Waals surface area (Å²) in [6.07, 6.45) is 5.51. The number of nitrogen functional groups attached to an aromatic ring is 1. The molecule has 0 amide bonds. The van der Waals surface area contributed by atoms with Crippen molar-refractivity contribution in [1.82, 2.24) is 14.5 Å². The minimum Gasteiger partial charge on any atom is -0.382 e.